The molecule has 1 N–H and O–H groups in total. The van der Waals surface area contributed by atoms with Crippen LogP contribution in [0.5, 0.6) is 5.75 Å². The number of likely N-dealkylation sites (tertiary alicyclic amines) is 1. The molecule has 0 unspecified atom stereocenters. The quantitative estimate of drug-likeness (QED) is 0.862. The van der Waals surface area contributed by atoms with E-state index in [1.54, 1.807) is 23.1 Å². The number of carbonyl (C=O) groups excluding carboxylic acids is 2. The monoisotopic (exact) mass is 262 g/mol. The van der Waals surface area contributed by atoms with Gasteiger partial charge in [-0.2, -0.15) is 0 Å². The van der Waals surface area contributed by atoms with Crippen LogP contribution in [-0.4, -0.2) is 43.0 Å². The first-order valence-electron chi connectivity index (χ1n) is 6.50. The fourth-order valence-electron chi connectivity index (χ4n) is 1.86. The van der Waals surface area contributed by atoms with Crippen LogP contribution in [0.15, 0.2) is 24.3 Å². The molecular formula is C14H18N2O3. The van der Waals surface area contributed by atoms with Gasteiger partial charge < -0.3 is 15.0 Å². The SMILES string of the molecule is CCOc1ccccc1C(=O)NCC(=O)N1CCC1. The molecule has 0 atom stereocenters. The van der Waals surface area contributed by atoms with Crippen molar-refractivity contribution in [2.24, 2.45) is 0 Å². The van der Waals surface area contributed by atoms with Gasteiger partial charge in [-0.1, -0.05) is 12.1 Å². The van der Waals surface area contributed by atoms with E-state index >= 15 is 0 Å². The molecule has 1 saturated heterocycles. The Hall–Kier alpha value is -2.04. The van der Waals surface area contributed by atoms with Crippen LogP contribution < -0.4 is 10.1 Å². The first-order chi connectivity index (χ1) is 9.22. The predicted octanol–water partition coefficient (Wildman–Crippen LogP) is 1.05. The molecule has 0 aromatic heterocycles. The van der Waals surface area contributed by atoms with E-state index < -0.39 is 0 Å². The molecule has 1 aromatic carbocycles. The summed E-state index contributed by atoms with van der Waals surface area (Å²) in [4.78, 5) is 25.4. The Labute approximate surface area is 112 Å². The van der Waals surface area contributed by atoms with Crippen molar-refractivity contribution in [2.75, 3.05) is 26.2 Å². The fraction of sp³-hybridized carbons (Fsp3) is 0.429. The molecular weight excluding hydrogens is 244 g/mol. The summed E-state index contributed by atoms with van der Waals surface area (Å²) in [6.07, 6.45) is 1.05. The summed E-state index contributed by atoms with van der Waals surface area (Å²) in [5.74, 6) is 0.227. The number of carbonyl (C=O) groups is 2. The number of amides is 2. The van der Waals surface area contributed by atoms with Crippen LogP contribution in [0.4, 0.5) is 0 Å². The number of nitrogens with zero attached hydrogens (tertiary/aromatic N) is 1. The van der Waals surface area contributed by atoms with Gasteiger partial charge in [0.2, 0.25) is 5.91 Å². The number of hydrogen-bond donors (Lipinski definition) is 1. The van der Waals surface area contributed by atoms with Crippen LogP contribution in [0, 0.1) is 0 Å². The minimum Gasteiger partial charge on any atom is -0.493 e. The smallest absolute Gasteiger partial charge is 0.255 e. The minimum absolute atomic E-state index is 0.0338. The zero-order valence-electron chi connectivity index (χ0n) is 11.0. The molecule has 19 heavy (non-hydrogen) atoms. The zero-order valence-corrected chi connectivity index (χ0v) is 11.0. The first-order valence-corrected chi connectivity index (χ1v) is 6.50. The number of ether oxygens (including phenoxy) is 1. The fourth-order valence-corrected chi connectivity index (χ4v) is 1.86. The van der Waals surface area contributed by atoms with Gasteiger partial charge in [-0.05, 0) is 25.5 Å². The maximum absolute atomic E-state index is 12.0. The first kappa shape index (κ1) is 13.4. The molecule has 1 heterocycles. The molecule has 0 spiro atoms. The van der Waals surface area contributed by atoms with E-state index in [2.05, 4.69) is 5.32 Å². The average Bonchev–Trinajstić information content (AvgIpc) is 2.35. The van der Waals surface area contributed by atoms with Crippen molar-refractivity contribution in [2.45, 2.75) is 13.3 Å². The van der Waals surface area contributed by atoms with E-state index in [0.29, 0.717) is 17.9 Å². The van der Waals surface area contributed by atoms with Gasteiger partial charge in [0.15, 0.2) is 0 Å². The third-order valence-corrected chi connectivity index (χ3v) is 3.04. The Morgan fingerprint density at radius 2 is 2.05 bits per heavy atom. The summed E-state index contributed by atoms with van der Waals surface area (Å²) >= 11 is 0. The van der Waals surface area contributed by atoms with Gasteiger partial charge in [-0.25, -0.2) is 0 Å². The summed E-state index contributed by atoms with van der Waals surface area (Å²) in [5, 5.41) is 2.64. The summed E-state index contributed by atoms with van der Waals surface area (Å²) < 4.78 is 5.39. The van der Waals surface area contributed by atoms with Crippen LogP contribution >= 0.6 is 0 Å². The summed E-state index contributed by atoms with van der Waals surface area (Å²) in [5.41, 5.74) is 0.459. The normalized spacial score (nSPS) is 13.6. The second kappa shape index (κ2) is 6.22. The number of nitrogens with one attached hydrogen (secondary N) is 1. The van der Waals surface area contributed by atoms with Crippen molar-refractivity contribution in [1.29, 1.82) is 0 Å². The van der Waals surface area contributed by atoms with Gasteiger partial charge in [0.25, 0.3) is 5.91 Å². The number of rotatable bonds is 5. The molecule has 0 radical (unpaired) electrons. The summed E-state index contributed by atoms with van der Waals surface area (Å²) in [6.45, 7) is 3.99. The lowest BCUT2D eigenvalue weighted by Gasteiger charge is -2.30. The Morgan fingerprint density at radius 3 is 2.68 bits per heavy atom. The predicted molar refractivity (Wildman–Crippen MR) is 71.1 cm³/mol. The molecule has 0 bridgehead atoms. The Kier molecular flexibility index (Phi) is 4.39. The number of hydrogen-bond acceptors (Lipinski definition) is 3. The molecule has 5 nitrogen and oxygen atoms in total. The van der Waals surface area contributed by atoms with Gasteiger partial charge in [0.1, 0.15) is 5.75 Å². The lowest BCUT2D eigenvalue weighted by molar-refractivity contribution is -0.133. The highest BCUT2D eigenvalue weighted by atomic mass is 16.5. The average molecular weight is 262 g/mol. The van der Waals surface area contributed by atoms with Crippen LogP contribution in [0.3, 0.4) is 0 Å². The van der Waals surface area contributed by atoms with Crippen LogP contribution in [0.1, 0.15) is 23.7 Å². The molecule has 1 aromatic rings. The van der Waals surface area contributed by atoms with E-state index in [1.165, 1.54) is 0 Å². The van der Waals surface area contributed by atoms with E-state index in [9.17, 15) is 9.59 Å². The maximum Gasteiger partial charge on any atom is 0.255 e. The second-order valence-electron chi connectivity index (χ2n) is 4.35. The van der Waals surface area contributed by atoms with Crippen LogP contribution in [0.2, 0.25) is 0 Å². The lowest BCUT2D eigenvalue weighted by atomic mass is 10.2. The summed E-state index contributed by atoms with van der Waals surface area (Å²) in [7, 11) is 0. The zero-order chi connectivity index (χ0) is 13.7. The Balaban J connectivity index is 1.93. The highest BCUT2D eigenvalue weighted by Crippen LogP contribution is 2.17. The maximum atomic E-state index is 12.0. The van der Waals surface area contributed by atoms with Gasteiger partial charge >= 0.3 is 0 Å². The van der Waals surface area contributed by atoms with Crippen LogP contribution in [0.25, 0.3) is 0 Å². The van der Waals surface area contributed by atoms with Gasteiger partial charge in [0.05, 0.1) is 18.7 Å². The molecule has 0 aliphatic carbocycles. The number of para-hydroxylation sites is 1. The highest BCUT2D eigenvalue weighted by molar-refractivity contribution is 5.98. The molecule has 5 heteroatoms. The van der Waals surface area contributed by atoms with E-state index in [4.69, 9.17) is 4.74 Å². The van der Waals surface area contributed by atoms with Gasteiger partial charge in [0, 0.05) is 13.1 Å². The van der Waals surface area contributed by atoms with E-state index in [0.717, 1.165) is 19.5 Å². The van der Waals surface area contributed by atoms with E-state index in [1.807, 2.05) is 13.0 Å². The van der Waals surface area contributed by atoms with Crippen molar-refractivity contribution < 1.29 is 14.3 Å². The van der Waals surface area contributed by atoms with Crippen molar-refractivity contribution in [1.82, 2.24) is 10.2 Å². The van der Waals surface area contributed by atoms with Crippen molar-refractivity contribution in [3.05, 3.63) is 29.8 Å². The molecule has 2 rings (SSSR count). The third-order valence-electron chi connectivity index (χ3n) is 3.04. The Morgan fingerprint density at radius 1 is 1.32 bits per heavy atom. The topological polar surface area (TPSA) is 58.6 Å². The lowest BCUT2D eigenvalue weighted by Crippen LogP contribution is -2.47. The van der Waals surface area contributed by atoms with Crippen molar-refractivity contribution in [3.63, 3.8) is 0 Å². The minimum atomic E-state index is -0.280. The molecule has 1 aliphatic heterocycles. The highest BCUT2D eigenvalue weighted by Gasteiger charge is 2.21. The largest absolute Gasteiger partial charge is 0.493 e. The van der Waals surface area contributed by atoms with E-state index in [-0.39, 0.29) is 18.4 Å². The standard InChI is InChI=1S/C14H18N2O3/c1-2-19-12-7-4-3-6-11(12)14(18)15-10-13(17)16-8-5-9-16/h3-4,6-7H,2,5,8-10H2,1H3,(H,15,18). The molecule has 0 saturated carbocycles. The van der Waals surface area contributed by atoms with Crippen molar-refractivity contribution in [3.8, 4) is 5.75 Å². The molecule has 102 valence electrons. The molecule has 1 aliphatic rings. The third kappa shape index (κ3) is 3.24. The van der Waals surface area contributed by atoms with Gasteiger partial charge in [-0.15, -0.1) is 0 Å². The second-order valence-corrected chi connectivity index (χ2v) is 4.35. The number of benzene rings is 1. The molecule has 2 amide bonds. The van der Waals surface area contributed by atoms with Crippen molar-refractivity contribution >= 4 is 11.8 Å². The summed E-state index contributed by atoms with van der Waals surface area (Å²) in [6, 6.07) is 7.02. The Bertz CT molecular complexity index is 470. The molecule has 1 fully saturated rings. The van der Waals surface area contributed by atoms with Gasteiger partial charge in [-0.3, -0.25) is 9.59 Å². The van der Waals surface area contributed by atoms with Crippen LogP contribution in [-0.2, 0) is 4.79 Å².